The molecule has 0 radical (unpaired) electrons. The number of likely N-dealkylation sites (tertiary alicyclic amines) is 1. The molecule has 176 valence electrons. The summed E-state index contributed by atoms with van der Waals surface area (Å²) in [4.78, 5) is 42.1. The quantitative estimate of drug-likeness (QED) is 0.585. The maximum absolute atomic E-state index is 13.8. The van der Waals surface area contributed by atoms with Gasteiger partial charge in [-0.25, -0.2) is 0 Å². The number of benzene rings is 2. The lowest BCUT2D eigenvalue weighted by Crippen LogP contribution is -2.54. The lowest BCUT2D eigenvalue weighted by atomic mass is 9.76. The topological polar surface area (TPSA) is 117 Å². The van der Waals surface area contributed by atoms with Crippen molar-refractivity contribution in [3.63, 3.8) is 0 Å². The van der Waals surface area contributed by atoms with E-state index in [9.17, 15) is 19.5 Å². The van der Waals surface area contributed by atoms with Gasteiger partial charge in [0, 0.05) is 17.3 Å². The normalized spacial score (nSPS) is 29.6. The van der Waals surface area contributed by atoms with E-state index in [4.69, 9.17) is 9.47 Å². The van der Waals surface area contributed by atoms with Gasteiger partial charge in [-0.15, -0.1) is 0 Å². The largest absolute Gasteiger partial charge is 0.454 e. The number of fused-ring (bicyclic) bond motifs is 5. The summed E-state index contributed by atoms with van der Waals surface area (Å²) >= 11 is 0. The van der Waals surface area contributed by atoms with Crippen LogP contribution in [0.4, 0.5) is 5.69 Å². The Bertz CT molecular complexity index is 1240. The number of aliphatic hydroxyl groups is 1. The molecule has 9 heteroatoms. The van der Waals surface area contributed by atoms with E-state index in [2.05, 4.69) is 10.6 Å². The minimum atomic E-state index is -1.41. The van der Waals surface area contributed by atoms with Gasteiger partial charge in [0.2, 0.25) is 24.5 Å². The number of rotatable bonds is 4. The first-order valence-electron chi connectivity index (χ1n) is 11.5. The highest BCUT2D eigenvalue weighted by atomic mass is 16.7. The third-order valence-corrected chi connectivity index (χ3v) is 7.51. The number of ether oxygens (including phenoxy) is 2. The van der Waals surface area contributed by atoms with E-state index >= 15 is 0 Å². The average molecular weight is 463 g/mol. The molecule has 0 bridgehead atoms. The van der Waals surface area contributed by atoms with Gasteiger partial charge in [-0.05, 0) is 42.7 Å². The number of aryl methyl sites for hydroxylation is 1. The molecular weight excluding hydrogens is 438 g/mol. The number of hydrogen-bond donors (Lipinski definition) is 3. The number of carbonyl (C=O) groups is 3. The summed E-state index contributed by atoms with van der Waals surface area (Å²) in [5, 5.41) is 16.7. The molecule has 3 N–H and O–H groups in total. The molecule has 2 aromatic rings. The van der Waals surface area contributed by atoms with Gasteiger partial charge < -0.3 is 19.9 Å². The SMILES string of the molecule is CCc1ccc2c(c1)[C@@]1(N[C@@H]([C@H](C)O)[C@H]3C(=O)N(Cc4ccc5c(c4)OCO5)C(=O)[C@H]31)C(=O)N2. The predicted molar refractivity (Wildman–Crippen MR) is 120 cm³/mol. The molecule has 4 aliphatic rings. The lowest BCUT2D eigenvalue weighted by molar-refractivity contribution is -0.143. The van der Waals surface area contributed by atoms with Gasteiger partial charge in [-0.2, -0.15) is 0 Å². The maximum atomic E-state index is 13.8. The van der Waals surface area contributed by atoms with E-state index in [-0.39, 0.29) is 19.2 Å². The molecule has 4 aliphatic heterocycles. The van der Waals surface area contributed by atoms with E-state index in [0.717, 1.165) is 12.0 Å². The number of anilines is 1. The third-order valence-electron chi connectivity index (χ3n) is 7.51. The van der Waals surface area contributed by atoms with E-state index in [1.54, 1.807) is 25.1 Å². The summed E-state index contributed by atoms with van der Waals surface area (Å²) in [5.74, 6) is -1.83. The summed E-state index contributed by atoms with van der Waals surface area (Å²) in [7, 11) is 0. The predicted octanol–water partition coefficient (Wildman–Crippen LogP) is 1.28. The zero-order valence-corrected chi connectivity index (χ0v) is 18.8. The first-order valence-corrected chi connectivity index (χ1v) is 11.5. The molecule has 5 atom stereocenters. The van der Waals surface area contributed by atoms with Crippen molar-refractivity contribution >= 4 is 23.4 Å². The van der Waals surface area contributed by atoms with Gasteiger partial charge in [-0.3, -0.25) is 24.6 Å². The number of aliphatic hydroxyl groups excluding tert-OH is 1. The first-order chi connectivity index (χ1) is 16.3. The highest BCUT2D eigenvalue weighted by Crippen LogP contribution is 2.53. The Hall–Kier alpha value is -3.43. The van der Waals surface area contributed by atoms with E-state index < -0.39 is 41.3 Å². The van der Waals surface area contributed by atoms with Crippen molar-refractivity contribution in [3.8, 4) is 11.5 Å². The van der Waals surface area contributed by atoms with Crippen LogP contribution in [0.25, 0.3) is 0 Å². The van der Waals surface area contributed by atoms with Crippen molar-refractivity contribution < 1.29 is 29.0 Å². The van der Waals surface area contributed by atoms with Crippen molar-refractivity contribution in [2.24, 2.45) is 11.8 Å². The molecule has 0 aromatic heterocycles. The molecule has 0 unspecified atom stereocenters. The van der Waals surface area contributed by atoms with E-state index in [1.807, 2.05) is 25.1 Å². The van der Waals surface area contributed by atoms with Crippen LogP contribution < -0.4 is 20.1 Å². The molecule has 6 rings (SSSR count). The fraction of sp³-hybridized carbons (Fsp3) is 0.400. The monoisotopic (exact) mass is 463 g/mol. The Morgan fingerprint density at radius 3 is 2.62 bits per heavy atom. The second kappa shape index (κ2) is 7.28. The van der Waals surface area contributed by atoms with E-state index in [0.29, 0.717) is 28.3 Å². The zero-order chi connectivity index (χ0) is 23.8. The molecule has 34 heavy (non-hydrogen) atoms. The van der Waals surface area contributed by atoms with Crippen molar-refractivity contribution in [1.29, 1.82) is 0 Å². The van der Waals surface area contributed by atoms with Crippen LogP contribution in [0.15, 0.2) is 36.4 Å². The summed E-state index contributed by atoms with van der Waals surface area (Å²) in [6.07, 6.45) is -0.186. The highest BCUT2D eigenvalue weighted by Gasteiger charge is 2.71. The van der Waals surface area contributed by atoms with Crippen LogP contribution in [-0.4, -0.2) is 46.7 Å². The molecule has 2 saturated heterocycles. The van der Waals surface area contributed by atoms with Crippen molar-refractivity contribution in [2.45, 2.75) is 44.5 Å². The molecule has 0 aliphatic carbocycles. The van der Waals surface area contributed by atoms with Gasteiger partial charge in [-0.1, -0.05) is 25.1 Å². The van der Waals surface area contributed by atoms with Gasteiger partial charge in [0.05, 0.1) is 24.5 Å². The van der Waals surface area contributed by atoms with Crippen LogP contribution >= 0.6 is 0 Å². The number of hydrogen-bond acceptors (Lipinski definition) is 7. The zero-order valence-electron chi connectivity index (χ0n) is 18.8. The molecule has 9 nitrogen and oxygen atoms in total. The summed E-state index contributed by atoms with van der Waals surface area (Å²) < 4.78 is 10.8. The van der Waals surface area contributed by atoms with E-state index in [1.165, 1.54) is 4.90 Å². The smallest absolute Gasteiger partial charge is 0.250 e. The van der Waals surface area contributed by atoms with Gasteiger partial charge in [0.25, 0.3) is 0 Å². The van der Waals surface area contributed by atoms with Crippen LogP contribution in [0.1, 0.15) is 30.5 Å². The number of carbonyl (C=O) groups excluding carboxylic acids is 3. The molecule has 2 fully saturated rings. The van der Waals surface area contributed by atoms with Crippen molar-refractivity contribution in [3.05, 3.63) is 53.1 Å². The fourth-order valence-electron chi connectivity index (χ4n) is 5.85. The third kappa shape index (κ3) is 2.71. The van der Waals surface area contributed by atoms with Crippen molar-refractivity contribution in [2.75, 3.05) is 12.1 Å². The number of imide groups is 1. The lowest BCUT2D eigenvalue weighted by Gasteiger charge is -2.30. The Balaban J connectivity index is 1.42. The van der Waals surface area contributed by atoms with Crippen LogP contribution in [0.5, 0.6) is 11.5 Å². The molecule has 2 aromatic carbocycles. The van der Waals surface area contributed by atoms with Gasteiger partial charge >= 0.3 is 0 Å². The molecule has 1 spiro atoms. The van der Waals surface area contributed by atoms with Gasteiger partial charge in [0.1, 0.15) is 5.54 Å². The number of nitrogens with one attached hydrogen (secondary N) is 2. The van der Waals surface area contributed by atoms with Crippen LogP contribution in [-0.2, 0) is 32.9 Å². The fourth-order valence-corrected chi connectivity index (χ4v) is 5.85. The second-order valence-electron chi connectivity index (χ2n) is 9.36. The summed E-state index contributed by atoms with van der Waals surface area (Å²) in [5.41, 5.74) is 1.59. The van der Waals surface area contributed by atoms with Crippen molar-refractivity contribution in [1.82, 2.24) is 10.2 Å². The highest BCUT2D eigenvalue weighted by molar-refractivity contribution is 6.15. The Morgan fingerprint density at radius 1 is 1.09 bits per heavy atom. The Morgan fingerprint density at radius 2 is 1.85 bits per heavy atom. The molecule has 0 saturated carbocycles. The number of amides is 3. The summed E-state index contributed by atoms with van der Waals surface area (Å²) in [6.45, 7) is 3.76. The van der Waals surface area contributed by atoms with Crippen LogP contribution in [0, 0.1) is 11.8 Å². The summed E-state index contributed by atoms with van der Waals surface area (Å²) in [6, 6.07) is 10.2. The molecular formula is C25H25N3O6. The second-order valence-corrected chi connectivity index (χ2v) is 9.36. The Labute approximate surface area is 196 Å². The average Bonchev–Trinajstić information content (AvgIpc) is 3.55. The van der Waals surface area contributed by atoms with Gasteiger partial charge in [0.15, 0.2) is 11.5 Å². The van der Waals surface area contributed by atoms with Crippen LogP contribution in [0.2, 0.25) is 0 Å². The standard InChI is InChI=1S/C25H25N3O6/c1-3-13-4-6-16-15(8-13)25(24(32)26-16)20-19(21(27-25)12(2)29)22(30)28(23(20)31)10-14-5-7-17-18(9-14)34-11-33-17/h4-9,12,19-21,27,29H,3,10-11H2,1-2H3,(H,26,32)/t12-,19-,20-,21-,25-/m0/s1. The Kier molecular flexibility index (Phi) is 4.53. The molecule has 3 amide bonds. The minimum Gasteiger partial charge on any atom is -0.454 e. The first kappa shape index (κ1) is 21.1. The minimum absolute atomic E-state index is 0.0490. The number of nitrogens with zero attached hydrogens (tertiary/aromatic N) is 1. The molecule has 4 heterocycles. The van der Waals surface area contributed by atoms with Crippen LogP contribution in [0.3, 0.4) is 0 Å². The maximum Gasteiger partial charge on any atom is 0.250 e.